The topological polar surface area (TPSA) is 0 Å². The molecule has 432 valence electrons. The maximum atomic E-state index is 12.4. The van der Waals surface area contributed by atoms with Crippen molar-refractivity contribution in [2.24, 2.45) is 41.4 Å². The molecule has 7 aromatic carbocycles. The van der Waals surface area contributed by atoms with Gasteiger partial charge in [0.15, 0.2) is 0 Å². The fraction of sp³-hybridized carbons (Fsp3) is 0.417. The third-order valence-corrected chi connectivity index (χ3v) is 12.6. The van der Waals surface area contributed by atoms with Crippen LogP contribution in [0.2, 0.25) is 10.0 Å². The van der Waals surface area contributed by atoms with Crippen LogP contribution in [0.4, 0.5) is 17.6 Å². The molecule has 7 aromatic rings. The number of benzene rings is 7. The van der Waals surface area contributed by atoms with Gasteiger partial charge in [-0.2, -0.15) is 13.2 Å². The Kier molecular flexibility index (Phi) is 37.4. The molecular formula is C72H95Cl2F4I. The van der Waals surface area contributed by atoms with Crippen LogP contribution in [0.3, 0.4) is 0 Å². The number of aryl methyl sites for hydroxylation is 1. The Morgan fingerprint density at radius 3 is 1.13 bits per heavy atom. The lowest BCUT2D eigenvalue weighted by atomic mass is 9.99. The summed E-state index contributed by atoms with van der Waals surface area (Å²) in [6.07, 6.45) is 3.32. The van der Waals surface area contributed by atoms with Crippen molar-refractivity contribution in [3.63, 3.8) is 0 Å². The summed E-state index contributed by atoms with van der Waals surface area (Å²) in [5.74, 6) is 4.56. The second-order valence-electron chi connectivity index (χ2n) is 23.3. The second kappa shape index (κ2) is 40.7. The van der Waals surface area contributed by atoms with Gasteiger partial charge < -0.3 is 0 Å². The van der Waals surface area contributed by atoms with Crippen LogP contribution in [0, 0.1) is 57.7 Å². The molecule has 7 rings (SSSR count). The summed E-state index contributed by atoms with van der Waals surface area (Å²) >= 11 is 13.9. The first kappa shape index (κ1) is 72.6. The first-order chi connectivity index (χ1) is 37.1. The molecular weight excluding hydrogens is 1140 g/mol. The molecule has 7 heteroatoms. The van der Waals surface area contributed by atoms with Crippen molar-refractivity contribution in [2.75, 3.05) is 0 Å². The van der Waals surface area contributed by atoms with Crippen LogP contribution in [0.1, 0.15) is 147 Å². The predicted octanol–water partition coefficient (Wildman–Crippen LogP) is 23.6. The lowest BCUT2D eigenvalue weighted by molar-refractivity contribution is -0.137. The standard InChI is InChI=1S/C11H13F3.C11H16.2C10H13Cl.C10H13F.C10H13I.C10H14/c1-8(2)6-9-4-3-5-10(7-9)11(12,13)14;1-9(2)8-11-7-5-4-6-10(11)3;1-8(2)7-9-3-5-10(11)6-4-9;1-8(2)6-9-4-3-5-10(11)7-9;1-8(2)7-9-3-5-10(11)6-4-9;1-8(2)6-9-4-3-5-10(11)7-9;1-9(2)8-10-6-4-3-5-7-10/h3-5,7-8H,6H2,1-2H3;4-7,9H,8H2,1-3H3;3-6,8H,7H2,1-2H3;3-5,7-8H,6H2,1-2H3;3-6,8H,7H2,1-2H3;3-5,7-8H,6H2,1-2H3;3-7,9H,8H2,1-2H3. The normalized spacial score (nSPS) is 10.8. The molecule has 0 radical (unpaired) electrons. The van der Waals surface area contributed by atoms with Crippen LogP contribution >= 0.6 is 45.8 Å². The summed E-state index contributed by atoms with van der Waals surface area (Å²) in [7, 11) is 0. The second-order valence-corrected chi connectivity index (χ2v) is 25.4. The van der Waals surface area contributed by atoms with Crippen molar-refractivity contribution in [1.82, 2.24) is 0 Å². The molecule has 0 amide bonds. The van der Waals surface area contributed by atoms with Gasteiger partial charge in [-0.3, -0.25) is 0 Å². The summed E-state index contributed by atoms with van der Waals surface area (Å²) in [5.41, 5.74) is 9.89. The molecule has 0 spiro atoms. The Hall–Kier alpha value is -4.43. The van der Waals surface area contributed by atoms with Crippen LogP contribution in [0.5, 0.6) is 0 Å². The molecule has 0 unspecified atom stereocenters. The van der Waals surface area contributed by atoms with E-state index in [1.54, 1.807) is 6.07 Å². The van der Waals surface area contributed by atoms with E-state index >= 15 is 0 Å². The van der Waals surface area contributed by atoms with E-state index < -0.39 is 11.7 Å². The van der Waals surface area contributed by atoms with E-state index in [9.17, 15) is 17.6 Å². The van der Waals surface area contributed by atoms with E-state index in [0.717, 1.165) is 64.6 Å². The maximum Gasteiger partial charge on any atom is 0.416 e. The number of alkyl halides is 3. The zero-order valence-corrected chi connectivity index (χ0v) is 54.0. The Labute approximate surface area is 501 Å². The first-order valence-electron chi connectivity index (χ1n) is 28.3. The molecule has 0 aliphatic heterocycles. The van der Waals surface area contributed by atoms with E-state index in [1.807, 2.05) is 56.3 Å². The smallest absolute Gasteiger partial charge is 0.207 e. The van der Waals surface area contributed by atoms with Crippen molar-refractivity contribution < 1.29 is 17.6 Å². The molecule has 0 aliphatic carbocycles. The van der Waals surface area contributed by atoms with Gasteiger partial charge in [0, 0.05) is 13.6 Å². The van der Waals surface area contributed by atoms with Crippen molar-refractivity contribution >= 4 is 45.8 Å². The Balaban J connectivity index is 0.000000462. The average molecular weight is 1230 g/mol. The number of hydrogen-bond donors (Lipinski definition) is 0. The molecule has 0 saturated heterocycles. The van der Waals surface area contributed by atoms with Crippen molar-refractivity contribution in [2.45, 2.75) is 155 Å². The highest BCUT2D eigenvalue weighted by atomic mass is 127. The molecule has 0 atom stereocenters. The highest BCUT2D eigenvalue weighted by molar-refractivity contribution is 14.1. The Bertz CT molecular complexity index is 2510. The first-order valence-corrected chi connectivity index (χ1v) is 30.2. The molecule has 0 nitrogen and oxygen atoms in total. The zero-order chi connectivity index (χ0) is 59.5. The van der Waals surface area contributed by atoms with Gasteiger partial charge in [0.1, 0.15) is 5.82 Å². The van der Waals surface area contributed by atoms with E-state index in [4.69, 9.17) is 23.2 Å². The van der Waals surface area contributed by atoms with Gasteiger partial charge in [0.2, 0.25) is 0 Å². The van der Waals surface area contributed by atoms with E-state index in [-0.39, 0.29) is 5.82 Å². The molecule has 0 aliphatic rings. The third kappa shape index (κ3) is 38.8. The monoisotopic (exact) mass is 1230 g/mol. The van der Waals surface area contributed by atoms with Crippen LogP contribution < -0.4 is 0 Å². The van der Waals surface area contributed by atoms with Gasteiger partial charge in [0.25, 0.3) is 0 Å². The molecule has 0 fully saturated rings. The minimum atomic E-state index is -4.23. The van der Waals surface area contributed by atoms with Crippen LogP contribution in [-0.2, 0) is 51.1 Å². The van der Waals surface area contributed by atoms with E-state index in [0.29, 0.717) is 24.2 Å². The predicted molar refractivity (Wildman–Crippen MR) is 347 cm³/mol. The molecule has 0 N–H and O–H groups in total. The van der Waals surface area contributed by atoms with Gasteiger partial charge in [-0.25, -0.2) is 4.39 Å². The minimum Gasteiger partial charge on any atom is -0.207 e. The van der Waals surface area contributed by atoms with Gasteiger partial charge in [-0.15, -0.1) is 0 Å². The van der Waals surface area contributed by atoms with Gasteiger partial charge in [-0.05, 0) is 215 Å². The zero-order valence-electron chi connectivity index (χ0n) is 50.4. The SMILES string of the molecule is CC(C)Cc1ccc(Cl)cc1.CC(C)Cc1ccc(F)cc1.CC(C)Cc1cccc(C(F)(F)F)c1.CC(C)Cc1cccc(Cl)c1.CC(C)Cc1cccc(I)c1.CC(C)Cc1ccccc1.Cc1ccccc1CC(C)C. The molecule has 79 heavy (non-hydrogen) atoms. The highest BCUT2D eigenvalue weighted by Crippen LogP contribution is 2.30. The van der Waals surface area contributed by atoms with Gasteiger partial charge >= 0.3 is 6.18 Å². The quantitative estimate of drug-likeness (QED) is 0.0752. The lowest BCUT2D eigenvalue weighted by Crippen LogP contribution is -2.05. The lowest BCUT2D eigenvalue weighted by Gasteiger charge is -2.09. The molecule has 0 aromatic heterocycles. The highest BCUT2D eigenvalue weighted by Gasteiger charge is 2.30. The fourth-order valence-electron chi connectivity index (χ4n) is 8.16. The summed E-state index contributed by atoms with van der Waals surface area (Å²) < 4.78 is 50.7. The van der Waals surface area contributed by atoms with Crippen LogP contribution in [0.25, 0.3) is 0 Å². The number of rotatable bonds is 14. The van der Waals surface area contributed by atoms with E-state index in [1.165, 1.54) is 86.0 Å². The number of halogens is 7. The average Bonchev–Trinajstić information content (AvgIpc) is 3.34. The largest absolute Gasteiger partial charge is 0.416 e. The number of hydrogen-bond acceptors (Lipinski definition) is 0. The Morgan fingerprint density at radius 1 is 0.354 bits per heavy atom. The fourth-order valence-corrected chi connectivity index (χ4v) is 9.11. The van der Waals surface area contributed by atoms with Crippen molar-refractivity contribution in [3.8, 4) is 0 Å². The summed E-state index contributed by atoms with van der Waals surface area (Å²) in [6.45, 7) is 32.8. The van der Waals surface area contributed by atoms with Gasteiger partial charge in [0.05, 0.1) is 5.56 Å². The van der Waals surface area contributed by atoms with Crippen LogP contribution in [0.15, 0.2) is 176 Å². The van der Waals surface area contributed by atoms with Crippen LogP contribution in [-0.4, -0.2) is 0 Å². The third-order valence-electron chi connectivity index (χ3n) is 11.5. The molecule has 0 bridgehead atoms. The summed E-state index contributed by atoms with van der Waals surface area (Å²) in [6, 6.07) is 56.3. The van der Waals surface area contributed by atoms with Crippen molar-refractivity contribution in [1.29, 1.82) is 0 Å². The molecule has 0 saturated carbocycles. The maximum absolute atomic E-state index is 12.4. The molecule has 0 heterocycles. The Morgan fingerprint density at radius 2 is 0.709 bits per heavy atom. The summed E-state index contributed by atoms with van der Waals surface area (Å²) in [4.78, 5) is 0. The minimum absolute atomic E-state index is 0.155. The van der Waals surface area contributed by atoms with Crippen molar-refractivity contribution in [3.05, 3.63) is 245 Å². The van der Waals surface area contributed by atoms with Gasteiger partial charge in [-0.1, -0.05) is 241 Å². The summed E-state index contributed by atoms with van der Waals surface area (Å²) in [5, 5.41) is 1.65. The van der Waals surface area contributed by atoms with E-state index in [2.05, 4.69) is 210 Å².